The minimum absolute atomic E-state index is 0. The standard InChI is InChI=1S/C33H41F3N2O6.C22H24F3NO.ClH/c1-20-23-15-16-38(30(40)27(18-29(39)42-6)37(5)31(41)44-32(2,3)4)26(23)13-14-28(20)43-19-21-11-12-24(22-9-7-8-10-22)25(17-21)33(34,35)36;1-14-17-10-11-26-20(17)8-9-21(14)27-13-15-6-7-18(16-4-2-3-5-16)19(12-15)22(23,24)25;/h11-14,17,22,27H,7-10,15-16,18-19H2,1-6H3;6-9,12,16,26H,2-5,10-11,13H2,1H3;1H/t27-;;/m1../s1. The normalized spacial score (nSPS) is 16.2. The van der Waals surface area contributed by atoms with Crippen molar-refractivity contribution in [3.63, 3.8) is 0 Å². The number of hydrogen-bond acceptors (Lipinski definition) is 8. The number of fused-ring (bicyclic) bond motifs is 2. The highest BCUT2D eigenvalue weighted by atomic mass is 35.5. The third-order valence-electron chi connectivity index (χ3n) is 14.2. The summed E-state index contributed by atoms with van der Waals surface area (Å²) in [5.41, 5.74) is 5.56. The van der Waals surface area contributed by atoms with E-state index >= 15 is 0 Å². The number of carbonyl (C=O) groups is 3. The number of nitrogens with zero attached hydrogens (tertiary/aromatic N) is 2. The summed E-state index contributed by atoms with van der Waals surface area (Å²) < 4.78 is 105. The number of carbonyl (C=O) groups excluding carboxylic acids is 3. The molecule has 0 aromatic heterocycles. The van der Waals surface area contributed by atoms with Gasteiger partial charge in [-0.3, -0.25) is 14.5 Å². The largest absolute Gasteiger partial charge is 0.489 e. The van der Waals surface area contributed by atoms with Gasteiger partial charge in [0, 0.05) is 31.5 Å². The Balaban J connectivity index is 0.000000258. The van der Waals surface area contributed by atoms with Gasteiger partial charge in [0.05, 0.1) is 24.7 Å². The average Bonchev–Trinajstić information content (AvgIpc) is 4.18. The number of esters is 1. The van der Waals surface area contributed by atoms with Gasteiger partial charge in [0.1, 0.15) is 36.4 Å². The highest BCUT2D eigenvalue weighted by molar-refractivity contribution is 6.02. The predicted octanol–water partition coefficient (Wildman–Crippen LogP) is 13.6. The van der Waals surface area contributed by atoms with Crippen LogP contribution in [0.5, 0.6) is 11.5 Å². The van der Waals surface area contributed by atoms with E-state index in [1.807, 2.05) is 26.0 Å². The first-order valence-electron chi connectivity index (χ1n) is 24.5. The molecule has 2 saturated carbocycles. The zero-order chi connectivity index (χ0) is 51.4. The number of likely N-dealkylation sites (N-methyl/N-ethyl adjacent to an activating group) is 1. The van der Waals surface area contributed by atoms with E-state index in [4.69, 9.17) is 18.9 Å². The molecule has 2 aliphatic carbocycles. The van der Waals surface area contributed by atoms with Crippen molar-refractivity contribution in [1.29, 1.82) is 0 Å². The molecule has 0 unspecified atom stereocenters. The van der Waals surface area contributed by atoms with Crippen molar-refractivity contribution in [3.05, 3.63) is 116 Å². The molecule has 4 aromatic rings. The number of nitrogens with one attached hydrogen (secondary N) is 1. The average molecular weight is 1030 g/mol. The van der Waals surface area contributed by atoms with Crippen LogP contribution >= 0.6 is 12.4 Å². The Labute approximate surface area is 424 Å². The quantitative estimate of drug-likeness (QED) is 0.110. The molecule has 0 saturated heterocycles. The fourth-order valence-electron chi connectivity index (χ4n) is 10.4. The Hall–Kier alpha value is -5.64. The number of hydrogen-bond donors (Lipinski definition) is 1. The van der Waals surface area contributed by atoms with Crippen LogP contribution < -0.4 is 19.7 Å². The predicted molar refractivity (Wildman–Crippen MR) is 266 cm³/mol. The Morgan fingerprint density at radius 1 is 0.722 bits per heavy atom. The molecule has 2 aliphatic heterocycles. The highest BCUT2D eigenvalue weighted by Crippen LogP contribution is 2.44. The first-order valence-corrected chi connectivity index (χ1v) is 24.5. The summed E-state index contributed by atoms with van der Waals surface area (Å²) in [6.45, 7) is 10.3. The molecule has 72 heavy (non-hydrogen) atoms. The second-order valence-electron chi connectivity index (χ2n) is 20.1. The van der Waals surface area contributed by atoms with E-state index in [9.17, 15) is 40.7 Å². The third kappa shape index (κ3) is 13.1. The van der Waals surface area contributed by atoms with Crippen LogP contribution in [0.2, 0.25) is 0 Å². The number of methoxy groups -OCH3 is 1. The topological polar surface area (TPSA) is 107 Å². The van der Waals surface area contributed by atoms with E-state index in [1.54, 1.807) is 57.2 Å². The summed E-state index contributed by atoms with van der Waals surface area (Å²) >= 11 is 0. The molecule has 10 nitrogen and oxygen atoms in total. The lowest BCUT2D eigenvalue weighted by atomic mass is 9.91. The fraction of sp³-hybridized carbons (Fsp3) is 0.509. The molecule has 1 atom stereocenters. The Morgan fingerprint density at radius 3 is 1.71 bits per heavy atom. The van der Waals surface area contributed by atoms with Gasteiger partial charge in [-0.15, -0.1) is 12.4 Å². The van der Waals surface area contributed by atoms with E-state index in [0.717, 1.165) is 97.4 Å². The van der Waals surface area contributed by atoms with Gasteiger partial charge in [-0.05, 0) is 166 Å². The van der Waals surface area contributed by atoms with Crippen molar-refractivity contribution < 1.29 is 59.7 Å². The van der Waals surface area contributed by atoms with Crippen LogP contribution in [0.15, 0.2) is 60.7 Å². The van der Waals surface area contributed by atoms with Crippen molar-refractivity contribution in [2.24, 2.45) is 0 Å². The van der Waals surface area contributed by atoms with E-state index in [-0.39, 0.29) is 43.9 Å². The van der Waals surface area contributed by atoms with Crippen LogP contribution in [0.25, 0.3) is 0 Å². The number of ether oxygens (including phenoxy) is 4. The van der Waals surface area contributed by atoms with E-state index in [2.05, 4.69) is 5.32 Å². The summed E-state index contributed by atoms with van der Waals surface area (Å²) in [6.07, 6.45) is -1.27. The summed E-state index contributed by atoms with van der Waals surface area (Å²) in [6, 6.07) is 15.3. The number of amides is 2. The van der Waals surface area contributed by atoms with Crippen LogP contribution in [-0.4, -0.2) is 61.8 Å². The van der Waals surface area contributed by atoms with Gasteiger partial charge in [-0.2, -0.15) is 26.3 Å². The second kappa shape index (κ2) is 23.1. The molecule has 0 bridgehead atoms. The maximum atomic E-state index is 13.9. The first-order chi connectivity index (χ1) is 33.5. The molecule has 2 amide bonds. The first kappa shape index (κ1) is 55.7. The van der Waals surface area contributed by atoms with Crippen LogP contribution in [0.4, 0.5) is 42.5 Å². The number of benzene rings is 4. The summed E-state index contributed by atoms with van der Waals surface area (Å²) in [5.74, 6) is 0.0976. The molecule has 0 spiro atoms. The van der Waals surface area contributed by atoms with Crippen molar-refractivity contribution in [3.8, 4) is 11.5 Å². The molecule has 8 rings (SSSR count). The highest BCUT2D eigenvalue weighted by Gasteiger charge is 2.40. The summed E-state index contributed by atoms with van der Waals surface area (Å²) in [7, 11) is 2.62. The zero-order valence-electron chi connectivity index (χ0n) is 42.0. The molecule has 1 N–H and O–H groups in total. The molecule has 2 fully saturated rings. The van der Waals surface area contributed by atoms with Crippen molar-refractivity contribution >= 4 is 41.8 Å². The monoisotopic (exact) mass is 1030 g/mol. The SMILES string of the molecule is COC(=O)C[C@H](C(=O)N1CCc2c1ccc(OCc1ccc(C3CCCC3)c(C(F)(F)F)c1)c2C)N(C)C(=O)OC(C)(C)C.Cc1c(OCc2ccc(C3CCCC3)c(C(F)(F)F)c2)ccc2c1CCN2.Cl. The fourth-order valence-corrected chi connectivity index (χ4v) is 10.4. The lowest BCUT2D eigenvalue weighted by molar-refractivity contribution is -0.144. The van der Waals surface area contributed by atoms with Gasteiger partial charge >= 0.3 is 24.4 Å². The van der Waals surface area contributed by atoms with Crippen molar-refractivity contribution in [2.45, 2.75) is 154 Å². The van der Waals surface area contributed by atoms with E-state index < -0.39 is 53.1 Å². The minimum atomic E-state index is -4.45. The Bertz CT molecular complexity index is 2580. The maximum Gasteiger partial charge on any atom is 0.416 e. The Kier molecular flexibility index (Phi) is 17.8. The van der Waals surface area contributed by atoms with Crippen molar-refractivity contribution in [1.82, 2.24) is 4.90 Å². The van der Waals surface area contributed by atoms with Crippen LogP contribution in [0.3, 0.4) is 0 Å². The molecule has 0 radical (unpaired) electrons. The van der Waals surface area contributed by atoms with Gasteiger partial charge in [0.15, 0.2) is 0 Å². The number of rotatable bonds is 12. The maximum absolute atomic E-state index is 13.9. The van der Waals surface area contributed by atoms with Crippen molar-refractivity contribution in [2.75, 3.05) is 37.5 Å². The van der Waals surface area contributed by atoms with Gasteiger partial charge < -0.3 is 29.2 Å². The van der Waals surface area contributed by atoms with Crippen LogP contribution in [0.1, 0.15) is 146 Å². The molecule has 17 heteroatoms. The molecule has 2 heterocycles. The summed E-state index contributed by atoms with van der Waals surface area (Å²) in [5, 5.41) is 3.32. The number of halogens is 7. The third-order valence-corrected chi connectivity index (χ3v) is 14.2. The second-order valence-corrected chi connectivity index (χ2v) is 20.1. The molecule has 392 valence electrons. The van der Waals surface area contributed by atoms with Crippen LogP contribution in [-0.2, 0) is 57.5 Å². The lowest BCUT2D eigenvalue weighted by Gasteiger charge is -2.32. The smallest absolute Gasteiger partial charge is 0.416 e. The molecule has 4 aromatic carbocycles. The number of alkyl halides is 6. The van der Waals surface area contributed by atoms with E-state index in [0.29, 0.717) is 46.7 Å². The van der Waals surface area contributed by atoms with Gasteiger partial charge in [0.25, 0.3) is 5.91 Å². The van der Waals surface area contributed by atoms with E-state index in [1.165, 1.54) is 36.8 Å². The minimum Gasteiger partial charge on any atom is -0.489 e. The zero-order valence-corrected chi connectivity index (χ0v) is 42.9. The van der Waals surface area contributed by atoms with Crippen LogP contribution in [0, 0.1) is 13.8 Å². The molecular formula is C55H66ClF6N3O7. The Morgan fingerprint density at radius 2 is 1.22 bits per heavy atom. The molecular weight excluding hydrogens is 964 g/mol. The summed E-state index contributed by atoms with van der Waals surface area (Å²) in [4.78, 5) is 41.4. The lowest BCUT2D eigenvalue weighted by Crippen LogP contribution is -2.51. The number of anilines is 2. The van der Waals surface area contributed by atoms with Gasteiger partial charge in [-0.1, -0.05) is 49.9 Å². The molecule has 4 aliphatic rings. The van der Waals surface area contributed by atoms with Gasteiger partial charge in [-0.25, -0.2) is 4.79 Å². The van der Waals surface area contributed by atoms with Gasteiger partial charge in [0.2, 0.25) is 0 Å².